The van der Waals surface area contributed by atoms with Gasteiger partial charge in [0.1, 0.15) is 0 Å². The van der Waals surface area contributed by atoms with Crippen LogP contribution in [0.5, 0.6) is 0 Å². The molecule has 6 nitrogen and oxygen atoms in total. The fraction of sp³-hybridized carbons (Fsp3) is 0.125. The number of carboxylic acid groups (broad SMARTS) is 1. The molecule has 0 saturated heterocycles. The maximum atomic E-state index is 12.9. The average Bonchev–Trinajstić information content (AvgIpc) is 3.55. The number of carbonyl (C=O) groups excluding carboxylic acids is 2. The molecule has 1 unspecified atom stereocenters. The van der Waals surface area contributed by atoms with Crippen molar-refractivity contribution in [3.63, 3.8) is 0 Å². The Morgan fingerprint density at radius 1 is 0.733 bits per heavy atom. The van der Waals surface area contributed by atoms with Crippen molar-refractivity contribution in [3.05, 3.63) is 107 Å². The summed E-state index contributed by atoms with van der Waals surface area (Å²) < 4.78 is 0. The Kier molecular flexibility index (Phi) is 5.06. The summed E-state index contributed by atoms with van der Waals surface area (Å²) in [4.78, 5) is 36.6. The van der Waals surface area contributed by atoms with Gasteiger partial charge in [0.05, 0.1) is 17.0 Å². The molecular weight excluding hydrogens is 380 g/mol. The van der Waals surface area contributed by atoms with Gasteiger partial charge in [-0.25, -0.2) is 4.79 Å². The van der Waals surface area contributed by atoms with Crippen LogP contribution in [-0.2, 0) is 10.2 Å². The van der Waals surface area contributed by atoms with E-state index in [1.807, 2.05) is 60.7 Å². The van der Waals surface area contributed by atoms with Crippen molar-refractivity contribution in [2.45, 2.75) is 11.8 Å². The minimum absolute atomic E-state index is 0.0153. The Balaban J connectivity index is 1.52. The first-order valence-corrected chi connectivity index (χ1v) is 9.57. The van der Waals surface area contributed by atoms with E-state index in [-0.39, 0.29) is 23.0 Å². The highest BCUT2D eigenvalue weighted by Crippen LogP contribution is 2.58. The second-order valence-electron chi connectivity index (χ2n) is 7.25. The normalized spacial score (nSPS) is 16.3. The van der Waals surface area contributed by atoms with Crippen molar-refractivity contribution in [2.24, 2.45) is 5.92 Å². The molecule has 0 heterocycles. The van der Waals surface area contributed by atoms with Crippen LogP contribution >= 0.6 is 0 Å². The highest BCUT2D eigenvalue weighted by molar-refractivity contribution is 6.05. The summed E-state index contributed by atoms with van der Waals surface area (Å²) in [5, 5.41) is 9.24. The molecule has 1 saturated carbocycles. The lowest BCUT2D eigenvalue weighted by atomic mass is 9.85. The number of benzene rings is 3. The van der Waals surface area contributed by atoms with Crippen molar-refractivity contribution in [1.29, 1.82) is 0 Å². The number of rotatable bonds is 5. The van der Waals surface area contributed by atoms with Crippen molar-refractivity contribution >= 4 is 17.8 Å². The molecule has 3 N–H and O–H groups in total. The topological polar surface area (TPSA) is 95.5 Å². The lowest BCUT2D eigenvalue weighted by Crippen LogP contribution is -2.44. The van der Waals surface area contributed by atoms with E-state index < -0.39 is 17.3 Å². The molecule has 1 aliphatic carbocycles. The molecule has 150 valence electrons. The first-order valence-electron chi connectivity index (χ1n) is 9.57. The zero-order valence-electron chi connectivity index (χ0n) is 16.0. The number of aromatic carboxylic acids is 1. The van der Waals surface area contributed by atoms with Crippen LogP contribution in [0.1, 0.15) is 38.3 Å². The predicted molar refractivity (Wildman–Crippen MR) is 111 cm³/mol. The number of nitrogens with one attached hydrogen (secondary N) is 2. The van der Waals surface area contributed by atoms with Gasteiger partial charge in [-0.3, -0.25) is 20.4 Å². The van der Waals surface area contributed by atoms with Crippen LogP contribution in [0.15, 0.2) is 84.9 Å². The Bertz CT molecular complexity index is 1060. The van der Waals surface area contributed by atoms with Gasteiger partial charge in [-0.1, -0.05) is 72.8 Å². The molecule has 2 amide bonds. The number of carbonyl (C=O) groups is 3. The number of hydrogen-bond donors (Lipinski definition) is 3. The van der Waals surface area contributed by atoms with Crippen molar-refractivity contribution in [1.82, 2.24) is 10.9 Å². The van der Waals surface area contributed by atoms with Crippen molar-refractivity contribution in [2.75, 3.05) is 0 Å². The molecule has 0 spiro atoms. The molecule has 4 rings (SSSR count). The van der Waals surface area contributed by atoms with Gasteiger partial charge in [0.2, 0.25) is 5.91 Å². The van der Waals surface area contributed by atoms with Crippen molar-refractivity contribution < 1.29 is 19.5 Å². The van der Waals surface area contributed by atoms with E-state index in [9.17, 15) is 19.5 Å². The van der Waals surface area contributed by atoms with Crippen LogP contribution < -0.4 is 10.9 Å². The third-order valence-electron chi connectivity index (χ3n) is 5.56. The first kappa shape index (κ1) is 19.4. The van der Waals surface area contributed by atoms with Gasteiger partial charge in [0, 0.05) is 5.41 Å². The van der Waals surface area contributed by atoms with E-state index in [2.05, 4.69) is 10.9 Å². The van der Waals surface area contributed by atoms with Crippen LogP contribution in [0.3, 0.4) is 0 Å². The summed E-state index contributed by atoms with van der Waals surface area (Å²) in [6.45, 7) is 0. The molecule has 0 radical (unpaired) electrons. The highest BCUT2D eigenvalue weighted by Gasteiger charge is 2.60. The SMILES string of the molecule is O=C(O)c1ccccc1C(=O)NNC(=O)C1CC1(c1ccccc1)c1ccccc1. The Morgan fingerprint density at radius 2 is 1.23 bits per heavy atom. The fourth-order valence-electron chi connectivity index (χ4n) is 4.00. The van der Waals surface area contributed by atoms with Gasteiger partial charge < -0.3 is 5.11 Å². The zero-order chi connectivity index (χ0) is 21.1. The van der Waals surface area contributed by atoms with Gasteiger partial charge in [-0.2, -0.15) is 0 Å². The standard InChI is InChI=1S/C24H20N2O4/c27-21(18-13-7-8-14-19(18)23(29)30)25-26-22(28)20-15-24(20,16-9-3-1-4-10-16)17-11-5-2-6-12-17/h1-14,20H,15H2,(H,25,27)(H,26,28)(H,29,30). The first-order chi connectivity index (χ1) is 14.5. The number of hydrogen-bond acceptors (Lipinski definition) is 3. The summed E-state index contributed by atoms with van der Waals surface area (Å²) >= 11 is 0. The van der Waals surface area contributed by atoms with Gasteiger partial charge in [-0.15, -0.1) is 0 Å². The summed E-state index contributed by atoms with van der Waals surface area (Å²) in [5.41, 5.74) is 6.32. The molecule has 0 aliphatic heterocycles. The molecule has 0 aromatic heterocycles. The van der Waals surface area contributed by atoms with E-state index in [1.165, 1.54) is 18.2 Å². The Morgan fingerprint density at radius 3 is 1.77 bits per heavy atom. The predicted octanol–water partition coefficient (Wildman–Crippen LogP) is 3.15. The average molecular weight is 400 g/mol. The van der Waals surface area contributed by atoms with Gasteiger partial charge in [-0.05, 0) is 29.7 Å². The molecule has 6 heteroatoms. The van der Waals surface area contributed by atoms with Crippen molar-refractivity contribution in [3.8, 4) is 0 Å². The van der Waals surface area contributed by atoms with E-state index in [0.717, 1.165) is 11.1 Å². The third kappa shape index (κ3) is 3.43. The minimum atomic E-state index is -1.21. The summed E-state index contributed by atoms with van der Waals surface area (Å²) in [5.74, 6) is -2.55. The second kappa shape index (κ2) is 7.83. The van der Waals surface area contributed by atoms with E-state index in [1.54, 1.807) is 6.07 Å². The molecule has 3 aromatic rings. The largest absolute Gasteiger partial charge is 0.478 e. The van der Waals surface area contributed by atoms with Crippen LogP contribution in [0.4, 0.5) is 0 Å². The minimum Gasteiger partial charge on any atom is -0.478 e. The maximum absolute atomic E-state index is 12.9. The monoisotopic (exact) mass is 400 g/mol. The van der Waals surface area contributed by atoms with E-state index >= 15 is 0 Å². The van der Waals surface area contributed by atoms with Crippen LogP contribution in [0, 0.1) is 5.92 Å². The number of carboxylic acids is 1. The number of hydrazine groups is 1. The fourth-order valence-corrected chi connectivity index (χ4v) is 4.00. The summed E-state index contributed by atoms with van der Waals surface area (Å²) in [7, 11) is 0. The van der Waals surface area contributed by atoms with Gasteiger partial charge in [0.15, 0.2) is 0 Å². The summed E-state index contributed by atoms with van der Waals surface area (Å²) in [6, 6.07) is 25.5. The number of amides is 2. The molecular formula is C24H20N2O4. The summed E-state index contributed by atoms with van der Waals surface area (Å²) in [6.07, 6.45) is 0.619. The van der Waals surface area contributed by atoms with Crippen LogP contribution in [0.25, 0.3) is 0 Å². The molecule has 1 fully saturated rings. The lowest BCUT2D eigenvalue weighted by Gasteiger charge is -2.19. The van der Waals surface area contributed by atoms with E-state index in [4.69, 9.17) is 0 Å². The highest BCUT2D eigenvalue weighted by atomic mass is 16.4. The van der Waals surface area contributed by atoms with Crippen LogP contribution in [-0.4, -0.2) is 22.9 Å². The van der Waals surface area contributed by atoms with E-state index in [0.29, 0.717) is 6.42 Å². The second-order valence-corrected chi connectivity index (χ2v) is 7.25. The Labute approximate surface area is 173 Å². The molecule has 3 aromatic carbocycles. The van der Waals surface area contributed by atoms with Gasteiger partial charge in [0.25, 0.3) is 5.91 Å². The molecule has 1 aliphatic rings. The molecule has 1 atom stereocenters. The quantitative estimate of drug-likeness (QED) is 0.574. The maximum Gasteiger partial charge on any atom is 0.336 e. The smallest absolute Gasteiger partial charge is 0.336 e. The molecule has 30 heavy (non-hydrogen) atoms. The van der Waals surface area contributed by atoms with Crippen LogP contribution in [0.2, 0.25) is 0 Å². The van der Waals surface area contributed by atoms with Gasteiger partial charge >= 0.3 is 5.97 Å². The zero-order valence-corrected chi connectivity index (χ0v) is 16.0. The molecule has 0 bridgehead atoms. The lowest BCUT2D eigenvalue weighted by molar-refractivity contribution is -0.123. The Hall–Kier alpha value is -3.93. The third-order valence-corrected chi connectivity index (χ3v) is 5.56.